The standard InChI is InChI=1S/C23H27N5O2/c1-24-23(26-16-22(30)28-14-12-18-5-2-3-6-20(18)28)25-15-17-8-10-19(11-9-17)27-13-4-7-21(27)29/h2-3,5-6,8-11H,4,7,12-16H2,1H3,(H2,24,25,26). The van der Waals surface area contributed by atoms with Gasteiger partial charge in [0.05, 0.1) is 6.54 Å². The minimum atomic E-state index is 0.0301. The third-order valence-electron chi connectivity index (χ3n) is 5.60. The maximum Gasteiger partial charge on any atom is 0.246 e. The van der Waals surface area contributed by atoms with Crippen molar-refractivity contribution in [3.8, 4) is 0 Å². The van der Waals surface area contributed by atoms with Crippen molar-refractivity contribution < 1.29 is 9.59 Å². The number of nitrogens with one attached hydrogen (secondary N) is 2. The monoisotopic (exact) mass is 405 g/mol. The van der Waals surface area contributed by atoms with Gasteiger partial charge in [-0.2, -0.15) is 0 Å². The fourth-order valence-electron chi connectivity index (χ4n) is 3.97. The van der Waals surface area contributed by atoms with Gasteiger partial charge in [0.2, 0.25) is 11.8 Å². The summed E-state index contributed by atoms with van der Waals surface area (Å²) in [6.07, 6.45) is 2.45. The first kappa shape index (κ1) is 19.9. The second-order valence-corrected chi connectivity index (χ2v) is 7.52. The Bertz CT molecular complexity index is 954. The summed E-state index contributed by atoms with van der Waals surface area (Å²) in [7, 11) is 1.69. The molecule has 2 heterocycles. The van der Waals surface area contributed by atoms with E-state index < -0.39 is 0 Å². The molecule has 7 heteroatoms. The lowest BCUT2D eigenvalue weighted by atomic mass is 10.2. The maximum atomic E-state index is 12.6. The molecule has 2 amide bonds. The van der Waals surface area contributed by atoms with Crippen LogP contribution in [0.15, 0.2) is 53.5 Å². The number of hydrogen-bond donors (Lipinski definition) is 2. The van der Waals surface area contributed by atoms with Crippen LogP contribution in [0.25, 0.3) is 0 Å². The quantitative estimate of drug-likeness (QED) is 0.590. The number of amides is 2. The lowest BCUT2D eigenvalue weighted by Gasteiger charge is -2.19. The molecule has 2 aromatic rings. The van der Waals surface area contributed by atoms with Crippen molar-refractivity contribution in [2.24, 2.45) is 4.99 Å². The largest absolute Gasteiger partial charge is 0.352 e. The van der Waals surface area contributed by atoms with Gasteiger partial charge in [0, 0.05) is 44.5 Å². The van der Waals surface area contributed by atoms with Crippen LogP contribution < -0.4 is 20.4 Å². The fourth-order valence-corrected chi connectivity index (χ4v) is 3.97. The van der Waals surface area contributed by atoms with Crippen LogP contribution in [0, 0.1) is 0 Å². The van der Waals surface area contributed by atoms with Gasteiger partial charge in [-0.05, 0) is 42.2 Å². The second kappa shape index (κ2) is 8.98. The maximum absolute atomic E-state index is 12.6. The van der Waals surface area contributed by atoms with Crippen LogP contribution in [0.5, 0.6) is 0 Å². The first-order chi connectivity index (χ1) is 14.7. The highest BCUT2D eigenvalue weighted by Gasteiger charge is 2.24. The van der Waals surface area contributed by atoms with Gasteiger partial charge < -0.3 is 20.4 Å². The number of rotatable bonds is 5. The van der Waals surface area contributed by atoms with E-state index in [2.05, 4.69) is 21.7 Å². The Balaban J connectivity index is 1.27. The first-order valence-electron chi connectivity index (χ1n) is 10.4. The number of hydrogen-bond acceptors (Lipinski definition) is 3. The molecule has 0 aromatic heterocycles. The predicted octanol–water partition coefficient (Wildman–Crippen LogP) is 2.07. The molecule has 0 spiro atoms. The predicted molar refractivity (Wildman–Crippen MR) is 119 cm³/mol. The molecule has 2 aromatic carbocycles. The van der Waals surface area contributed by atoms with Gasteiger partial charge in [-0.15, -0.1) is 0 Å². The summed E-state index contributed by atoms with van der Waals surface area (Å²) in [6, 6.07) is 16.0. The summed E-state index contributed by atoms with van der Waals surface area (Å²) < 4.78 is 0. The van der Waals surface area contributed by atoms with Gasteiger partial charge in [0.1, 0.15) is 0 Å². The van der Waals surface area contributed by atoms with Gasteiger partial charge in [-0.25, -0.2) is 0 Å². The van der Waals surface area contributed by atoms with E-state index in [1.807, 2.05) is 52.3 Å². The molecule has 0 aliphatic carbocycles. The van der Waals surface area contributed by atoms with Gasteiger partial charge >= 0.3 is 0 Å². The normalized spacial score (nSPS) is 16.0. The lowest BCUT2D eigenvalue weighted by molar-refractivity contribution is -0.118. The Kier molecular flexibility index (Phi) is 5.97. The van der Waals surface area contributed by atoms with Gasteiger partial charge in [-0.3, -0.25) is 14.6 Å². The summed E-state index contributed by atoms with van der Waals surface area (Å²) in [5, 5.41) is 6.34. The molecule has 7 nitrogen and oxygen atoms in total. The third-order valence-corrected chi connectivity index (χ3v) is 5.60. The second-order valence-electron chi connectivity index (χ2n) is 7.52. The highest BCUT2D eigenvalue weighted by molar-refractivity contribution is 5.98. The number of carbonyl (C=O) groups is 2. The van der Waals surface area contributed by atoms with Crippen LogP contribution in [-0.2, 0) is 22.6 Å². The van der Waals surface area contributed by atoms with Crippen molar-refractivity contribution in [1.82, 2.24) is 10.6 Å². The molecule has 2 N–H and O–H groups in total. The lowest BCUT2D eigenvalue weighted by Crippen LogP contribution is -2.44. The highest BCUT2D eigenvalue weighted by Crippen LogP contribution is 2.27. The Morgan fingerprint density at radius 2 is 1.83 bits per heavy atom. The van der Waals surface area contributed by atoms with E-state index in [9.17, 15) is 9.59 Å². The number of benzene rings is 2. The Morgan fingerprint density at radius 1 is 1.03 bits per heavy atom. The summed E-state index contributed by atoms with van der Waals surface area (Å²) in [5.74, 6) is 0.799. The summed E-state index contributed by atoms with van der Waals surface area (Å²) in [6.45, 7) is 2.28. The molecule has 30 heavy (non-hydrogen) atoms. The van der Waals surface area contributed by atoms with E-state index >= 15 is 0 Å². The smallest absolute Gasteiger partial charge is 0.246 e. The van der Waals surface area contributed by atoms with Crippen molar-refractivity contribution >= 4 is 29.1 Å². The minimum Gasteiger partial charge on any atom is -0.352 e. The zero-order chi connectivity index (χ0) is 20.9. The first-order valence-corrected chi connectivity index (χ1v) is 10.4. The summed E-state index contributed by atoms with van der Waals surface area (Å²) in [5.41, 5.74) is 4.24. The van der Waals surface area contributed by atoms with E-state index in [1.165, 1.54) is 5.56 Å². The van der Waals surface area contributed by atoms with Crippen LogP contribution in [0.4, 0.5) is 11.4 Å². The van der Waals surface area contributed by atoms with E-state index in [1.54, 1.807) is 7.05 Å². The van der Waals surface area contributed by atoms with E-state index in [4.69, 9.17) is 0 Å². The van der Waals surface area contributed by atoms with E-state index in [0.717, 1.165) is 42.9 Å². The van der Waals surface area contributed by atoms with Crippen LogP contribution in [-0.4, -0.2) is 44.5 Å². The molecule has 0 bridgehead atoms. The van der Waals surface area contributed by atoms with Gasteiger partial charge in [0.15, 0.2) is 5.96 Å². The van der Waals surface area contributed by atoms with Crippen LogP contribution in [0.3, 0.4) is 0 Å². The number of para-hydroxylation sites is 1. The number of nitrogens with zero attached hydrogens (tertiary/aromatic N) is 3. The van der Waals surface area contributed by atoms with Crippen LogP contribution >= 0.6 is 0 Å². The fraction of sp³-hybridized carbons (Fsp3) is 0.348. The van der Waals surface area contributed by atoms with Crippen molar-refractivity contribution in [1.29, 1.82) is 0 Å². The molecule has 4 rings (SSSR count). The average Bonchev–Trinajstić information content (AvgIpc) is 3.40. The number of fused-ring (bicyclic) bond motifs is 1. The Labute approximate surface area is 176 Å². The molecule has 1 saturated heterocycles. The molecular formula is C23H27N5O2. The number of anilines is 2. The molecule has 2 aliphatic rings. The highest BCUT2D eigenvalue weighted by atomic mass is 16.2. The topological polar surface area (TPSA) is 77.0 Å². The average molecular weight is 406 g/mol. The number of guanidine groups is 1. The van der Waals surface area contributed by atoms with Crippen molar-refractivity contribution in [2.45, 2.75) is 25.8 Å². The van der Waals surface area contributed by atoms with Crippen molar-refractivity contribution in [3.05, 3.63) is 59.7 Å². The number of aliphatic imine (C=N–C) groups is 1. The summed E-state index contributed by atoms with van der Waals surface area (Å²) >= 11 is 0. The molecule has 0 unspecified atom stereocenters. The molecular weight excluding hydrogens is 378 g/mol. The molecule has 0 saturated carbocycles. The molecule has 2 aliphatic heterocycles. The van der Waals surface area contributed by atoms with Gasteiger partial charge in [0.25, 0.3) is 0 Å². The summed E-state index contributed by atoms with van der Waals surface area (Å²) in [4.78, 5) is 32.4. The van der Waals surface area contributed by atoms with Crippen molar-refractivity contribution in [3.63, 3.8) is 0 Å². The SMILES string of the molecule is CN=C(NCC(=O)N1CCc2ccccc21)NCc1ccc(N2CCCC2=O)cc1. The van der Waals surface area contributed by atoms with E-state index in [-0.39, 0.29) is 18.4 Å². The molecule has 1 fully saturated rings. The molecule has 0 radical (unpaired) electrons. The van der Waals surface area contributed by atoms with Crippen LogP contribution in [0.1, 0.15) is 24.0 Å². The van der Waals surface area contributed by atoms with Crippen LogP contribution in [0.2, 0.25) is 0 Å². The Morgan fingerprint density at radius 3 is 2.57 bits per heavy atom. The zero-order valence-corrected chi connectivity index (χ0v) is 17.2. The third kappa shape index (κ3) is 4.30. The molecule has 0 atom stereocenters. The zero-order valence-electron chi connectivity index (χ0n) is 17.2. The minimum absolute atomic E-state index is 0.0301. The van der Waals surface area contributed by atoms with Gasteiger partial charge in [-0.1, -0.05) is 30.3 Å². The molecule has 156 valence electrons. The van der Waals surface area contributed by atoms with Crippen molar-refractivity contribution in [2.75, 3.05) is 36.5 Å². The number of carbonyl (C=O) groups excluding carboxylic acids is 2. The van der Waals surface area contributed by atoms with E-state index in [0.29, 0.717) is 18.9 Å². The Hall–Kier alpha value is -3.35.